The van der Waals surface area contributed by atoms with Crippen LogP contribution in [0.1, 0.15) is 17.3 Å². The minimum absolute atomic E-state index is 0.0881. The van der Waals surface area contributed by atoms with Crippen molar-refractivity contribution in [1.29, 1.82) is 0 Å². The van der Waals surface area contributed by atoms with Crippen LogP contribution in [-0.2, 0) is 0 Å². The van der Waals surface area contributed by atoms with E-state index in [4.69, 9.17) is 5.73 Å². The maximum atomic E-state index is 12.1. The van der Waals surface area contributed by atoms with E-state index in [1.54, 1.807) is 11.4 Å². The minimum atomic E-state index is -0.526. The topological polar surface area (TPSA) is 63.6 Å². The van der Waals surface area contributed by atoms with Crippen LogP contribution in [0.4, 0.5) is 5.82 Å². The van der Waals surface area contributed by atoms with Crippen LogP contribution in [0, 0.1) is 0 Å². The van der Waals surface area contributed by atoms with Crippen LogP contribution in [0.25, 0.3) is 5.52 Å². The lowest BCUT2D eigenvalue weighted by molar-refractivity contribution is 0.0970. The molecule has 0 saturated carbocycles. The van der Waals surface area contributed by atoms with Gasteiger partial charge in [0.15, 0.2) is 11.6 Å². The Kier molecular flexibility index (Phi) is 2.85. The number of nitrogens with zero attached hydrogens (tertiary/aromatic N) is 3. The van der Waals surface area contributed by atoms with Crippen LogP contribution in [0.2, 0.25) is 0 Å². The summed E-state index contributed by atoms with van der Waals surface area (Å²) in [5.41, 5.74) is 7.06. The molecule has 5 nitrogen and oxygen atoms in total. The summed E-state index contributed by atoms with van der Waals surface area (Å²) in [7, 11) is 3.72. The van der Waals surface area contributed by atoms with Gasteiger partial charge in [0.2, 0.25) is 0 Å². The third-order valence-corrected chi connectivity index (χ3v) is 2.61. The lowest BCUT2D eigenvalue weighted by atomic mass is 10.1. The first-order valence-electron chi connectivity index (χ1n) is 5.47. The average molecular weight is 232 g/mol. The van der Waals surface area contributed by atoms with Crippen LogP contribution in [0.5, 0.6) is 0 Å². The monoisotopic (exact) mass is 232 g/mol. The molecule has 1 unspecified atom stereocenters. The Morgan fingerprint density at radius 2 is 2.18 bits per heavy atom. The molecule has 0 amide bonds. The number of carbonyl (C=O) groups is 1. The predicted octanol–water partition coefficient (Wildman–Crippen LogP) is 0.930. The summed E-state index contributed by atoms with van der Waals surface area (Å²) in [6, 6.07) is 5.10. The highest BCUT2D eigenvalue weighted by molar-refractivity contribution is 6.09. The molecule has 0 saturated heterocycles. The Morgan fingerprint density at radius 3 is 2.76 bits per heavy atom. The molecule has 1 atom stereocenters. The number of fused-ring (bicyclic) bond motifs is 1. The van der Waals surface area contributed by atoms with E-state index in [0.29, 0.717) is 11.4 Å². The molecule has 0 radical (unpaired) electrons. The lowest BCUT2D eigenvalue weighted by Gasteiger charge is -2.11. The Morgan fingerprint density at radius 1 is 1.47 bits per heavy atom. The molecule has 90 valence electrons. The fourth-order valence-corrected chi connectivity index (χ4v) is 1.76. The van der Waals surface area contributed by atoms with E-state index in [1.165, 1.54) is 0 Å². The molecule has 2 rings (SSSR count). The number of hydrogen-bond acceptors (Lipinski definition) is 4. The van der Waals surface area contributed by atoms with E-state index in [-0.39, 0.29) is 5.78 Å². The summed E-state index contributed by atoms with van der Waals surface area (Å²) in [4.78, 5) is 14.0. The molecule has 0 aromatic carbocycles. The van der Waals surface area contributed by atoms with Gasteiger partial charge < -0.3 is 10.6 Å². The van der Waals surface area contributed by atoms with Crippen molar-refractivity contribution in [3.63, 3.8) is 0 Å². The number of pyridine rings is 1. The van der Waals surface area contributed by atoms with Crippen molar-refractivity contribution in [3.05, 3.63) is 30.0 Å². The summed E-state index contributed by atoms with van der Waals surface area (Å²) in [6.07, 6.45) is 1.82. The predicted molar refractivity (Wildman–Crippen MR) is 67.5 cm³/mol. The molecule has 0 spiro atoms. The standard InChI is InChI=1S/C12H16N4O/c1-8(13)11(17)10-9-6-4-5-7-16(9)14-12(10)15(2)3/h4-8H,13H2,1-3H3. The van der Waals surface area contributed by atoms with Gasteiger partial charge in [-0.25, -0.2) is 4.52 Å². The first-order valence-corrected chi connectivity index (χ1v) is 5.47. The van der Waals surface area contributed by atoms with E-state index in [9.17, 15) is 4.79 Å². The van der Waals surface area contributed by atoms with E-state index in [2.05, 4.69) is 5.10 Å². The van der Waals surface area contributed by atoms with Gasteiger partial charge in [-0.3, -0.25) is 4.79 Å². The molecule has 2 heterocycles. The highest BCUT2D eigenvalue weighted by Crippen LogP contribution is 2.23. The van der Waals surface area contributed by atoms with Gasteiger partial charge in [-0.15, -0.1) is 5.10 Å². The first kappa shape index (κ1) is 11.6. The van der Waals surface area contributed by atoms with E-state index < -0.39 is 6.04 Å². The number of carbonyl (C=O) groups excluding carboxylic acids is 1. The van der Waals surface area contributed by atoms with Gasteiger partial charge >= 0.3 is 0 Å². The second kappa shape index (κ2) is 4.18. The van der Waals surface area contributed by atoms with Crippen LogP contribution < -0.4 is 10.6 Å². The summed E-state index contributed by atoms with van der Waals surface area (Å²) in [6.45, 7) is 1.69. The van der Waals surface area contributed by atoms with Crippen molar-refractivity contribution >= 4 is 17.1 Å². The Hall–Kier alpha value is -1.88. The fourth-order valence-electron chi connectivity index (χ4n) is 1.76. The van der Waals surface area contributed by atoms with Crippen LogP contribution in [0.3, 0.4) is 0 Å². The van der Waals surface area contributed by atoms with Gasteiger partial charge in [0.05, 0.1) is 17.1 Å². The number of rotatable bonds is 3. The zero-order valence-corrected chi connectivity index (χ0v) is 10.2. The zero-order chi connectivity index (χ0) is 12.6. The number of Topliss-reactive ketones (excluding diaryl/α,β-unsaturated/α-hetero) is 1. The smallest absolute Gasteiger partial charge is 0.185 e. The van der Waals surface area contributed by atoms with Gasteiger partial charge in [0, 0.05) is 20.3 Å². The van der Waals surface area contributed by atoms with Crippen molar-refractivity contribution < 1.29 is 4.79 Å². The molecular weight excluding hydrogens is 216 g/mol. The zero-order valence-electron chi connectivity index (χ0n) is 10.2. The first-order chi connectivity index (χ1) is 8.02. The van der Waals surface area contributed by atoms with Gasteiger partial charge in [-0.2, -0.15) is 0 Å². The maximum absolute atomic E-state index is 12.1. The summed E-state index contributed by atoms with van der Waals surface area (Å²) in [5.74, 6) is 0.563. The number of nitrogens with two attached hydrogens (primary N) is 1. The molecule has 0 bridgehead atoms. The number of aromatic nitrogens is 2. The third kappa shape index (κ3) is 1.89. The quantitative estimate of drug-likeness (QED) is 0.800. The minimum Gasteiger partial charge on any atom is -0.361 e. The number of hydrogen-bond donors (Lipinski definition) is 1. The van der Waals surface area contributed by atoms with Crippen LogP contribution in [-0.4, -0.2) is 35.5 Å². The van der Waals surface area contributed by atoms with Crippen molar-refractivity contribution in [3.8, 4) is 0 Å². The second-order valence-electron chi connectivity index (χ2n) is 4.28. The molecule has 2 N–H and O–H groups in total. The van der Waals surface area contributed by atoms with E-state index in [0.717, 1.165) is 5.52 Å². The maximum Gasteiger partial charge on any atom is 0.185 e. The number of ketones is 1. The van der Waals surface area contributed by atoms with E-state index in [1.807, 2.05) is 43.4 Å². The molecule has 0 aliphatic rings. The largest absolute Gasteiger partial charge is 0.361 e. The van der Waals surface area contributed by atoms with Crippen molar-refractivity contribution in [2.45, 2.75) is 13.0 Å². The molecule has 0 aliphatic heterocycles. The average Bonchev–Trinajstić information content (AvgIpc) is 2.67. The Labute approximate surface area is 99.8 Å². The molecule has 17 heavy (non-hydrogen) atoms. The van der Waals surface area contributed by atoms with Gasteiger partial charge in [-0.05, 0) is 19.1 Å². The summed E-state index contributed by atoms with van der Waals surface area (Å²) >= 11 is 0. The van der Waals surface area contributed by atoms with E-state index >= 15 is 0 Å². The number of anilines is 1. The molecule has 2 aromatic rings. The van der Waals surface area contributed by atoms with Gasteiger partial charge in [0.1, 0.15) is 0 Å². The van der Waals surface area contributed by atoms with Crippen LogP contribution in [0.15, 0.2) is 24.4 Å². The fraction of sp³-hybridized carbons (Fsp3) is 0.333. The summed E-state index contributed by atoms with van der Waals surface area (Å²) < 4.78 is 1.70. The molecule has 5 heteroatoms. The normalized spacial score (nSPS) is 12.7. The van der Waals surface area contributed by atoms with Crippen LogP contribution >= 0.6 is 0 Å². The van der Waals surface area contributed by atoms with Gasteiger partial charge in [0.25, 0.3) is 0 Å². The Balaban J connectivity index is 2.72. The lowest BCUT2D eigenvalue weighted by Crippen LogP contribution is -2.28. The van der Waals surface area contributed by atoms with Crippen molar-refractivity contribution in [2.24, 2.45) is 5.73 Å². The van der Waals surface area contributed by atoms with Crippen molar-refractivity contribution in [2.75, 3.05) is 19.0 Å². The molecule has 0 fully saturated rings. The molecule has 2 aromatic heterocycles. The summed E-state index contributed by atoms with van der Waals surface area (Å²) in [5, 5.41) is 4.38. The third-order valence-electron chi connectivity index (χ3n) is 2.61. The Bertz CT molecular complexity index is 557. The van der Waals surface area contributed by atoms with Crippen molar-refractivity contribution in [1.82, 2.24) is 9.61 Å². The second-order valence-corrected chi connectivity index (χ2v) is 4.28. The molecule has 0 aliphatic carbocycles. The highest BCUT2D eigenvalue weighted by Gasteiger charge is 2.22. The van der Waals surface area contributed by atoms with Gasteiger partial charge in [-0.1, -0.05) is 6.07 Å². The molecular formula is C12H16N4O. The highest BCUT2D eigenvalue weighted by atomic mass is 16.1. The SMILES string of the molecule is CC(N)C(=O)c1c(N(C)C)nn2ccccc12.